The van der Waals surface area contributed by atoms with Crippen LogP contribution >= 0.6 is 11.6 Å². The van der Waals surface area contributed by atoms with Crippen molar-refractivity contribution in [3.05, 3.63) is 71.8 Å². The highest BCUT2D eigenvalue weighted by Gasteiger charge is 2.11. The highest BCUT2D eigenvalue weighted by Crippen LogP contribution is 2.30. The fraction of sp³-hybridized carbons (Fsp3) is 0.240. The molecule has 0 amide bonds. The van der Waals surface area contributed by atoms with Crippen molar-refractivity contribution in [2.45, 2.75) is 6.42 Å². The van der Waals surface area contributed by atoms with E-state index in [4.69, 9.17) is 16.3 Å². The molecule has 1 saturated heterocycles. The summed E-state index contributed by atoms with van der Waals surface area (Å²) in [6, 6.07) is 13.8. The number of hydrogen-bond acceptors (Lipinski definition) is 7. The molecule has 3 heterocycles. The van der Waals surface area contributed by atoms with Gasteiger partial charge in [-0.2, -0.15) is 10.2 Å². The van der Waals surface area contributed by atoms with E-state index in [2.05, 4.69) is 30.7 Å². The summed E-state index contributed by atoms with van der Waals surface area (Å²) < 4.78 is 20.2. The van der Waals surface area contributed by atoms with Gasteiger partial charge in [0, 0.05) is 53.7 Å². The molecule has 1 fully saturated rings. The summed E-state index contributed by atoms with van der Waals surface area (Å²) in [4.78, 5) is 6.84. The van der Waals surface area contributed by atoms with Gasteiger partial charge in [-0.15, -0.1) is 0 Å². The number of rotatable bonds is 7. The van der Waals surface area contributed by atoms with Crippen LogP contribution in [0.25, 0.3) is 22.2 Å². The Morgan fingerprint density at radius 1 is 1.15 bits per heavy atom. The second kappa shape index (κ2) is 10.3. The van der Waals surface area contributed by atoms with E-state index in [0.29, 0.717) is 28.6 Å². The van der Waals surface area contributed by atoms with Crippen LogP contribution < -0.4 is 15.4 Å². The highest BCUT2D eigenvalue weighted by molar-refractivity contribution is 6.30. The number of nitrogens with one attached hydrogen (secondary N) is 2. The SMILES string of the molecule is Fc1ccc(Cl)cc1-c1cc(Nc2ccnc3cc(OCCN4CCCNC4)ccc23)cnn1. The molecule has 0 bridgehead atoms. The van der Waals surface area contributed by atoms with Crippen molar-refractivity contribution in [1.82, 2.24) is 25.4 Å². The first-order valence-electron chi connectivity index (χ1n) is 11.2. The molecule has 0 spiro atoms. The number of pyridine rings is 1. The second-order valence-corrected chi connectivity index (χ2v) is 8.53. The van der Waals surface area contributed by atoms with Crippen molar-refractivity contribution >= 4 is 33.9 Å². The van der Waals surface area contributed by atoms with E-state index < -0.39 is 5.82 Å². The standard InChI is InChI=1S/C25H24ClFN6O/c26-17-2-5-22(27)21(12-17)25-13-18(15-30-32-25)31-23-6-8-29-24-14-19(3-4-20(23)24)34-11-10-33-9-1-7-28-16-33/h2-6,8,12-15,28H,1,7,9-11,16H2,(H,29,31,32). The van der Waals surface area contributed by atoms with Gasteiger partial charge in [-0.3, -0.25) is 9.88 Å². The van der Waals surface area contributed by atoms with Gasteiger partial charge in [-0.1, -0.05) is 11.6 Å². The Kier molecular flexibility index (Phi) is 6.80. The lowest BCUT2D eigenvalue weighted by atomic mass is 10.1. The predicted octanol–water partition coefficient (Wildman–Crippen LogP) is 4.86. The van der Waals surface area contributed by atoms with Crippen LogP contribution in [0, 0.1) is 5.82 Å². The van der Waals surface area contributed by atoms with Crippen LogP contribution in [0.4, 0.5) is 15.8 Å². The molecule has 7 nitrogen and oxygen atoms in total. The second-order valence-electron chi connectivity index (χ2n) is 8.09. The summed E-state index contributed by atoms with van der Waals surface area (Å²) in [6.07, 6.45) is 4.49. The molecule has 0 atom stereocenters. The first-order valence-corrected chi connectivity index (χ1v) is 11.5. The van der Waals surface area contributed by atoms with E-state index in [1.165, 1.54) is 18.2 Å². The molecule has 0 saturated carbocycles. The van der Waals surface area contributed by atoms with Gasteiger partial charge in [0.1, 0.15) is 18.2 Å². The summed E-state index contributed by atoms with van der Waals surface area (Å²) in [5, 5.41) is 16.2. The molecular formula is C25H24ClFN6O. The maximum Gasteiger partial charge on any atom is 0.132 e. The number of halogens is 2. The van der Waals surface area contributed by atoms with Crippen LogP contribution in [0.2, 0.25) is 5.02 Å². The molecule has 4 aromatic rings. The normalized spacial score (nSPS) is 14.3. The number of aromatic nitrogens is 3. The third kappa shape index (κ3) is 5.25. The van der Waals surface area contributed by atoms with Crippen molar-refractivity contribution in [2.24, 2.45) is 0 Å². The Morgan fingerprint density at radius 2 is 2.09 bits per heavy atom. The fourth-order valence-corrected chi connectivity index (χ4v) is 4.14. The first kappa shape index (κ1) is 22.5. The van der Waals surface area contributed by atoms with E-state index in [1.807, 2.05) is 24.3 Å². The number of ether oxygens (including phenoxy) is 1. The lowest BCUT2D eigenvalue weighted by Gasteiger charge is -2.27. The van der Waals surface area contributed by atoms with Gasteiger partial charge in [-0.05, 0) is 55.4 Å². The van der Waals surface area contributed by atoms with E-state index in [0.717, 1.165) is 55.1 Å². The topological polar surface area (TPSA) is 75.2 Å². The first-order chi connectivity index (χ1) is 16.7. The smallest absolute Gasteiger partial charge is 0.132 e. The number of hydrogen-bond donors (Lipinski definition) is 2. The molecule has 174 valence electrons. The quantitative estimate of drug-likeness (QED) is 0.393. The summed E-state index contributed by atoms with van der Waals surface area (Å²) in [6.45, 7) is 4.59. The van der Waals surface area contributed by atoms with Crippen LogP contribution in [-0.2, 0) is 0 Å². The number of anilines is 2. The van der Waals surface area contributed by atoms with Crippen LogP contribution in [0.3, 0.4) is 0 Å². The highest BCUT2D eigenvalue weighted by atomic mass is 35.5. The van der Waals surface area contributed by atoms with Gasteiger partial charge < -0.3 is 15.4 Å². The lowest BCUT2D eigenvalue weighted by Crippen LogP contribution is -2.43. The summed E-state index contributed by atoms with van der Waals surface area (Å²) in [5.74, 6) is 0.376. The zero-order chi connectivity index (χ0) is 23.3. The Bertz CT molecular complexity index is 1300. The Balaban J connectivity index is 1.32. The van der Waals surface area contributed by atoms with Crippen molar-refractivity contribution < 1.29 is 9.13 Å². The van der Waals surface area contributed by atoms with Crippen molar-refractivity contribution in [1.29, 1.82) is 0 Å². The molecule has 2 aromatic heterocycles. The summed E-state index contributed by atoms with van der Waals surface area (Å²) in [5.41, 5.74) is 3.02. The van der Waals surface area contributed by atoms with Crippen LogP contribution in [0.5, 0.6) is 5.75 Å². The number of fused-ring (bicyclic) bond motifs is 1. The number of benzene rings is 2. The van der Waals surface area contributed by atoms with E-state index in [9.17, 15) is 4.39 Å². The summed E-state index contributed by atoms with van der Waals surface area (Å²) in [7, 11) is 0. The Hall–Kier alpha value is -3.33. The monoisotopic (exact) mass is 478 g/mol. The van der Waals surface area contributed by atoms with E-state index >= 15 is 0 Å². The van der Waals surface area contributed by atoms with Gasteiger partial charge in [0.05, 0.1) is 23.1 Å². The number of nitrogens with zero attached hydrogens (tertiary/aromatic N) is 4. The largest absolute Gasteiger partial charge is 0.492 e. The van der Waals surface area contributed by atoms with E-state index in [1.54, 1.807) is 18.5 Å². The maximum atomic E-state index is 14.3. The van der Waals surface area contributed by atoms with Gasteiger partial charge >= 0.3 is 0 Å². The van der Waals surface area contributed by atoms with Crippen LogP contribution in [-0.4, -0.2) is 53.0 Å². The zero-order valence-corrected chi connectivity index (χ0v) is 19.2. The molecule has 2 N–H and O–H groups in total. The fourth-order valence-electron chi connectivity index (χ4n) is 3.97. The van der Waals surface area contributed by atoms with Gasteiger partial charge in [0.2, 0.25) is 0 Å². The molecule has 0 aliphatic carbocycles. The molecular weight excluding hydrogens is 455 g/mol. The molecule has 2 aromatic carbocycles. The van der Waals surface area contributed by atoms with E-state index in [-0.39, 0.29) is 0 Å². The predicted molar refractivity (Wildman–Crippen MR) is 132 cm³/mol. The zero-order valence-electron chi connectivity index (χ0n) is 18.5. The molecule has 0 unspecified atom stereocenters. The molecule has 9 heteroatoms. The Labute approximate surface area is 201 Å². The summed E-state index contributed by atoms with van der Waals surface area (Å²) >= 11 is 6.03. The van der Waals surface area contributed by atoms with Crippen molar-refractivity contribution in [2.75, 3.05) is 38.2 Å². The lowest BCUT2D eigenvalue weighted by molar-refractivity contribution is 0.175. The molecule has 34 heavy (non-hydrogen) atoms. The third-order valence-corrected chi connectivity index (χ3v) is 5.93. The van der Waals surface area contributed by atoms with Crippen LogP contribution in [0.15, 0.2) is 60.9 Å². The molecule has 0 radical (unpaired) electrons. The molecule has 1 aliphatic heterocycles. The average Bonchev–Trinajstić information content (AvgIpc) is 2.86. The average molecular weight is 479 g/mol. The minimum absolute atomic E-state index is 0.297. The van der Waals surface area contributed by atoms with Crippen molar-refractivity contribution in [3.8, 4) is 17.0 Å². The van der Waals surface area contributed by atoms with Crippen molar-refractivity contribution in [3.63, 3.8) is 0 Å². The Morgan fingerprint density at radius 3 is 2.97 bits per heavy atom. The molecule has 1 aliphatic rings. The minimum atomic E-state index is -0.408. The van der Waals surface area contributed by atoms with Gasteiger partial charge in [0.15, 0.2) is 0 Å². The maximum absolute atomic E-state index is 14.3. The minimum Gasteiger partial charge on any atom is -0.492 e. The van der Waals surface area contributed by atoms with Gasteiger partial charge in [-0.25, -0.2) is 4.39 Å². The third-order valence-electron chi connectivity index (χ3n) is 5.69. The van der Waals surface area contributed by atoms with Gasteiger partial charge in [0.25, 0.3) is 0 Å². The molecule has 5 rings (SSSR count). The van der Waals surface area contributed by atoms with Crippen LogP contribution in [0.1, 0.15) is 6.42 Å².